The number of hydrogen-bond acceptors (Lipinski definition) is 5. The van der Waals surface area contributed by atoms with Gasteiger partial charge in [-0.15, -0.1) is 0 Å². The van der Waals surface area contributed by atoms with Crippen LogP contribution in [0, 0.1) is 0 Å². The monoisotopic (exact) mass is 152 g/mol. The molecule has 0 saturated carbocycles. The summed E-state index contributed by atoms with van der Waals surface area (Å²) in [5.74, 6) is 1.08. The van der Waals surface area contributed by atoms with Crippen molar-refractivity contribution in [3.63, 3.8) is 0 Å². The number of aromatic nitrogens is 3. The predicted molar refractivity (Wildman–Crippen MR) is 40.1 cm³/mol. The Morgan fingerprint density at radius 3 is 3.27 bits per heavy atom. The van der Waals surface area contributed by atoms with E-state index in [1.807, 2.05) is 0 Å². The van der Waals surface area contributed by atoms with Gasteiger partial charge in [0.1, 0.15) is 12.1 Å². The summed E-state index contributed by atoms with van der Waals surface area (Å²) in [6.45, 7) is 0. The van der Waals surface area contributed by atoms with Gasteiger partial charge in [-0.2, -0.15) is 14.8 Å². The van der Waals surface area contributed by atoms with Gasteiger partial charge in [0.05, 0.1) is 6.17 Å². The van der Waals surface area contributed by atoms with Crippen LogP contribution in [-0.2, 0) is 0 Å². The van der Waals surface area contributed by atoms with Crippen molar-refractivity contribution in [2.24, 2.45) is 11.5 Å². The van der Waals surface area contributed by atoms with Crippen LogP contribution in [0.5, 0.6) is 0 Å². The van der Waals surface area contributed by atoms with Crippen molar-refractivity contribution in [1.82, 2.24) is 14.8 Å². The Hall–Kier alpha value is -1.56. The molecule has 5 N–H and O–H groups in total. The molecule has 1 atom stereocenters. The second-order valence-electron chi connectivity index (χ2n) is 2.26. The van der Waals surface area contributed by atoms with E-state index in [1.165, 1.54) is 11.0 Å². The first kappa shape index (κ1) is 6.17. The zero-order valence-electron chi connectivity index (χ0n) is 5.73. The molecule has 6 nitrogen and oxygen atoms in total. The molecule has 11 heavy (non-hydrogen) atoms. The molecule has 1 unspecified atom stereocenters. The van der Waals surface area contributed by atoms with Gasteiger partial charge in [-0.1, -0.05) is 0 Å². The first-order chi connectivity index (χ1) is 5.27. The van der Waals surface area contributed by atoms with Crippen LogP contribution in [0.25, 0.3) is 5.82 Å². The van der Waals surface area contributed by atoms with Crippen LogP contribution >= 0.6 is 0 Å². The van der Waals surface area contributed by atoms with Crippen molar-refractivity contribution >= 4 is 11.8 Å². The minimum atomic E-state index is -0.272. The van der Waals surface area contributed by atoms with E-state index in [0.29, 0.717) is 11.8 Å². The van der Waals surface area contributed by atoms with Crippen LogP contribution < -0.4 is 16.8 Å². The van der Waals surface area contributed by atoms with Crippen molar-refractivity contribution in [1.29, 1.82) is 0 Å². The summed E-state index contributed by atoms with van der Waals surface area (Å²) in [7, 11) is 0. The third-order valence-electron chi connectivity index (χ3n) is 1.44. The fourth-order valence-corrected chi connectivity index (χ4v) is 0.974. The van der Waals surface area contributed by atoms with Gasteiger partial charge >= 0.3 is 0 Å². The SMILES string of the molecule is NC1=CC(N)Nc2ncnn21. The predicted octanol–water partition coefficient (Wildman–Crippen LogP) is -1.25. The lowest BCUT2D eigenvalue weighted by Crippen LogP contribution is -2.34. The van der Waals surface area contributed by atoms with Crippen LogP contribution in [0.3, 0.4) is 0 Å². The van der Waals surface area contributed by atoms with Gasteiger partial charge in [0.2, 0.25) is 5.95 Å². The van der Waals surface area contributed by atoms with Gasteiger partial charge in [-0.3, -0.25) is 0 Å². The van der Waals surface area contributed by atoms with Crippen LogP contribution in [0.2, 0.25) is 0 Å². The number of rotatable bonds is 0. The quantitative estimate of drug-likeness (QED) is 0.431. The normalized spacial score (nSPS) is 21.9. The van der Waals surface area contributed by atoms with E-state index in [4.69, 9.17) is 11.5 Å². The number of nitrogens with one attached hydrogen (secondary N) is 1. The second kappa shape index (κ2) is 1.96. The van der Waals surface area contributed by atoms with Gasteiger partial charge in [-0.25, -0.2) is 0 Å². The maximum Gasteiger partial charge on any atom is 0.228 e. The minimum absolute atomic E-state index is 0.272. The van der Waals surface area contributed by atoms with Crippen molar-refractivity contribution < 1.29 is 0 Å². The van der Waals surface area contributed by atoms with Crippen molar-refractivity contribution in [2.45, 2.75) is 6.17 Å². The fourth-order valence-electron chi connectivity index (χ4n) is 0.974. The van der Waals surface area contributed by atoms with E-state index in [2.05, 4.69) is 15.4 Å². The van der Waals surface area contributed by atoms with Crippen molar-refractivity contribution in [3.8, 4) is 0 Å². The molecule has 0 amide bonds. The van der Waals surface area contributed by atoms with E-state index in [1.54, 1.807) is 6.08 Å². The van der Waals surface area contributed by atoms with E-state index in [9.17, 15) is 0 Å². The van der Waals surface area contributed by atoms with Crippen LogP contribution in [0.1, 0.15) is 0 Å². The molecule has 1 aromatic heterocycles. The molecule has 0 radical (unpaired) electrons. The number of hydrogen-bond donors (Lipinski definition) is 3. The van der Waals surface area contributed by atoms with E-state index in [-0.39, 0.29) is 6.17 Å². The average Bonchev–Trinajstić information content (AvgIpc) is 2.34. The molecule has 1 aromatic rings. The summed E-state index contributed by atoms with van der Waals surface area (Å²) >= 11 is 0. The molecule has 0 aromatic carbocycles. The highest BCUT2D eigenvalue weighted by molar-refractivity contribution is 5.52. The molecule has 0 aliphatic carbocycles. The second-order valence-corrected chi connectivity index (χ2v) is 2.26. The number of nitrogens with two attached hydrogens (primary N) is 2. The van der Waals surface area contributed by atoms with Crippen LogP contribution in [0.4, 0.5) is 5.95 Å². The van der Waals surface area contributed by atoms with Gasteiger partial charge < -0.3 is 16.8 Å². The Bertz CT molecular complexity index is 300. The third-order valence-corrected chi connectivity index (χ3v) is 1.44. The fraction of sp³-hybridized carbons (Fsp3) is 0.200. The van der Waals surface area contributed by atoms with Crippen LogP contribution in [0.15, 0.2) is 12.4 Å². The molecule has 2 heterocycles. The molecule has 1 aliphatic heterocycles. The summed E-state index contributed by atoms with van der Waals surface area (Å²) in [6, 6.07) is 0. The largest absolute Gasteiger partial charge is 0.384 e. The molecule has 0 spiro atoms. The highest BCUT2D eigenvalue weighted by Crippen LogP contribution is 2.11. The maximum absolute atomic E-state index is 5.58. The van der Waals surface area contributed by atoms with Crippen LogP contribution in [-0.4, -0.2) is 20.9 Å². The molecule has 0 bridgehead atoms. The molecule has 1 aliphatic rings. The Morgan fingerprint density at radius 1 is 1.64 bits per heavy atom. The summed E-state index contributed by atoms with van der Waals surface area (Å²) in [5, 5.41) is 6.75. The Balaban J connectivity index is 2.50. The van der Waals surface area contributed by atoms with Crippen molar-refractivity contribution in [3.05, 3.63) is 12.4 Å². The third kappa shape index (κ3) is 0.838. The minimum Gasteiger partial charge on any atom is -0.384 e. The highest BCUT2D eigenvalue weighted by Gasteiger charge is 2.14. The first-order valence-corrected chi connectivity index (χ1v) is 3.17. The molecular formula is C5H8N6. The molecular weight excluding hydrogens is 144 g/mol. The number of fused-ring (bicyclic) bond motifs is 1. The molecule has 0 saturated heterocycles. The zero-order valence-corrected chi connectivity index (χ0v) is 5.73. The van der Waals surface area contributed by atoms with E-state index >= 15 is 0 Å². The standard InChI is InChI=1S/C5H8N6/c6-3-1-4(7)11-5(10-3)8-2-9-11/h1-3H,6-7H2,(H,8,9,10). The summed E-state index contributed by atoms with van der Waals surface area (Å²) in [6.07, 6.45) is 2.81. The number of anilines is 1. The van der Waals surface area contributed by atoms with Gasteiger partial charge in [0.15, 0.2) is 0 Å². The van der Waals surface area contributed by atoms with E-state index in [0.717, 1.165) is 0 Å². The average molecular weight is 152 g/mol. The lowest BCUT2D eigenvalue weighted by molar-refractivity contribution is 0.804. The van der Waals surface area contributed by atoms with Gasteiger partial charge in [0.25, 0.3) is 0 Å². The smallest absolute Gasteiger partial charge is 0.228 e. The first-order valence-electron chi connectivity index (χ1n) is 3.17. The lowest BCUT2D eigenvalue weighted by Gasteiger charge is -2.17. The molecule has 0 fully saturated rings. The summed E-state index contributed by atoms with van der Waals surface area (Å²) in [5.41, 5.74) is 11.1. The maximum atomic E-state index is 5.58. The highest BCUT2D eigenvalue weighted by atomic mass is 15.4. The zero-order chi connectivity index (χ0) is 7.84. The lowest BCUT2D eigenvalue weighted by atomic mass is 10.4. The topological polar surface area (TPSA) is 94.8 Å². The van der Waals surface area contributed by atoms with E-state index < -0.39 is 0 Å². The Kier molecular flexibility index (Phi) is 1.10. The molecule has 6 heteroatoms. The van der Waals surface area contributed by atoms with Gasteiger partial charge in [0, 0.05) is 0 Å². The number of nitrogens with zero attached hydrogens (tertiary/aromatic N) is 3. The summed E-state index contributed by atoms with van der Waals surface area (Å²) in [4.78, 5) is 3.90. The molecule has 2 rings (SSSR count). The Morgan fingerprint density at radius 2 is 2.45 bits per heavy atom. The Labute approximate surface area is 62.9 Å². The van der Waals surface area contributed by atoms with Crippen molar-refractivity contribution in [2.75, 3.05) is 5.32 Å². The molecule has 58 valence electrons. The summed E-state index contributed by atoms with van der Waals surface area (Å²) < 4.78 is 1.49. The van der Waals surface area contributed by atoms with Gasteiger partial charge in [-0.05, 0) is 6.08 Å².